The Labute approximate surface area is 118 Å². The van der Waals surface area contributed by atoms with E-state index in [1.165, 1.54) is 31.4 Å². The van der Waals surface area contributed by atoms with Gasteiger partial charge in [-0.05, 0) is 49.4 Å². The fourth-order valence-electron chi connectivity index (χ4n) is 3.58. The maximum atomic E-state index is 12.6. The first-order valence-electron chi connectivity index (χ1n) is 7.31. The first kappa shape index (κ1) is 13.2. The van der Waals surface area contributed by atoms with E-state index in [1.54, 1.807) is 12.1 Å². The Morgan fingerprint density at radius 3 is 2.35 bits per heavy atom. The van der Waals surface area contributed by atoms with Crippen LogP contribution in [0.25, 0.3) is 0 Å². The molecule has 0 spiro atoms. The summed E-state index contributed by atoms with van der Waals surface area (Å²) in [6, 6.07) is 6.66. The standard InChI is InChI=1S/C16H19NO3/c18-15(12-5-7-13(8-6-12)16(19)20)17-10-9-11-3-1-2-4-14(11)17/h5-8,11,14H,1-4,9-10H2,(H,19,20). The predicted octanol–water partition coefficient (Wildman–Crippen LogP) is 2.79. The molecule has 106 valence electrons. The summed E-state index contributed by atoms with van der Waals surface area (Å²) in [5.41, 5.74) is 0.819. The minimum atomic E-state index is -0.961. The highest BCUT2D eigenvalue weighted by molar-refractivity contribution is 5.96. The summed E-state index contributed by atoms with van der Waals surface area (Å²) in [6.45, 7) is 0.842. The zero-order valence-corrected chi connectivity index (χ0v) is 11.4. The molecule has 4 heteroatoms. The van der Waals surface area contributed by atoms with Crippen LogP contribution in [0.3, 0.4) is 0 Å². The lowest BCUT2D eigenvalue weighted by Gasteiger charge is -2.31. The molecule has 2 fully saturated rings. The number of carbonyl (C=O) groups excluding carboxylic acids is 1. The highest BCUT2D eigenvalue weighted by Crippen LogP contribution is 2.36. The molecular formula is C16H19NO3. The van der Waals surface area contributed by atoms with Gasteiger partial charge in [0, 0.05) is 18.2 Å². The molecule has 1 aromatic carbocycles. The van der Waals surface area contributed by atoms with Crippen LogP contribution in [0.15, 0.2) is 24.3 Å². The summed E-state index contributed by atoms with van der Waals surface area (Å²) < 4.78 is 0. The SMILES string of the molecule is O=C(O)c1ccc(C(=O)N2CCC3CCCCC32)cc1. The Hall–Kier alpha value is -1.84. The fourth-order valence-corrected chi connectivity index (χ4v) is 3.58. The number of amides is 1. The van der Waals surface area contributed by atoms with E-state index in [4.69, 9.17) is 5.11 Å². The fraction of sp³-hybridized carbons (Fsp3) is 0.500. The number of carboxylic acids is 1. The Morgan fingerprint density at radius 2 is 1.65 bits per heavy atom. The minimum Gasteiger partial charge on any atom is -0.478 e. The highest BCUT2D eigenvalue weighted by atomic mass is 16.4. The molecule has 20 heavy (non-hydrogen) atoms. The maximum Gasteiger partial charge on any atom is 0.335 e. The molecule has 1 heterocycles. The zero-order chi connectivity index (χ0) is 14.1. The van der Waals surface area contributed by atoms with Crippen LogP contribution < -0.4 is 0 Å². The number of hydrogen-bond donors (Lipinski definition) is 1. The van der Waals surface area contributed by atoms with Crippen molar-refractivity contribution in [3.05, 3.63) is 35.4 Å². The summed E-state index contributed by atoms with van der Waals surface area (Å²) in [6.07, 6.45) is 5.97. The van der Waals surface area contributed by atoms with Crippen LogP contribution in [0.4, 0.5) is 0 Å². The lowest BCUT2D eigenvalue weighted by Crippen LogP contribution is -2.39. The van der Waals surface area contributed by atoms with Gasteiger partial charge in [-0.15, -0.1) is 0 Å². The summed E-state index contributed by atoms with van der Waals surface area (Å²) in [5, 5.41) is 8.88. The largest absolute Gasteiger partial charge is 0.478 e. The van der Waals surface area contributed by atoms with Gasteiger partial charge in [0.05, 0.1) is 5.56 Å². The van der Waals surface area contributed by atoms with Crippen molar-refractivity contribution >= 4 is 11.9 Å². The number of carboxylic acid groups (broad SMARTS) is 1. The van der Waals surface area contributed by atoms with Crippen molar-refractivity contribution < 1.29 is 14.7 Å². The van der Waals surface area contributed by atoms with Gasteiger partial charge in [0.1, 0.15) is 0 Å². The number of hydrogen-bond acceptors (Lipinski definition) is 2. The number of aromatic carboxylic acids is 1. The van der Waals surface area contributed by atoms with Crippen molar-refractivity contribution in [2.45, 2.75) is 38.1 Å². The van der Waals surface area contributed by atoms with E-state index in [-0.39, 0.29) is 11.5 Å². The highest BCUT2D eigenvalue weighted by Gasteiger charge is 2.38. The molecule has 1 aromatic rings. The van der Waals surface area contributed by atoms with Crippen LogP contribution in [0.2, 0.25) is 0 Å². The van der Waals surface area contributed by atoms with E-state index in [2.05, 4.69) is 0 Å². The van der Waals surface area contributed by atoms with Crippen LogP contribution in [0.1, 0.15) is 52.8 Å². The second-order valence-corrected chi connectivity index (χ2v) is 5.78. The molecule has 0 aromatic heterocycles. The summed E-state index contributed by atoms with van der Waals surface area (Å²) in [7, 11) is 0. The van der Waals surface area contributed by atoms with E-state index in [0.29, 0.717) is 17.5 Å². The number of rotatable bonds is 2. The van der Waals surface area contributed by atoms with Crippen LogP contribution in [-0.2, 0) is 0 Å². The average Bonchev–Trinajstić information content (AvgIpc) is 2.90. The lowest BCUT2D eigenvalue weighted by molar-refractivity contribution is 0.0679. The van der Waals surface area contributed by atoms with Crippen molar-refractivity contribution in [2.24, 2.45) is 5.92 Å². The Kier molecular flexibility index (Phi) is 3.47. The third-order valence-electron chi connectivity index (χ3n) is 4.65. The summed E-state index contributed by atoms with van der Waals surface area (Å²) in [4.78, 5) is 25.4. The van der Waals surface area contributed by atoms with Gasteiger partial charge < -0.3 is 10.0 Å². The number of fused-ring (bicyclic) bond motifs is 1. The molecule has 1 N–H and O–H groups in total. The molecule has 3 rings (SSSR count). The molecule has 2 atom stereocenters. The van der Waals surface area contributed by atoms with E-state index in [1.807, 2.05) is 4.90 Å². The van der Waals surface area contributed by atoms with E-state index >= 15 is 0 Å². The molecule has 0 radical (unpaired) electrons. The van der Waals surface area contributed by atoms with Crippen molar-refractivity contribution in [2.75, 3.05) is 6.54 Å². The van der Waals surface area contributed by atoms with Crippen LogP contribution in [-0.4, -0.2) is 34.5 Å². The molecule has 1 aliphatic carbocycles. The smallest absolute Gasteiger partial charge is 0.335 e. The van der Waals surface area contributed by atoms with Crippen LogP contribution in [0, 0.1) is 5.92 Å². The second-order valence-electron chi connectivity index (χ2n) is 5.78. The van der Waals surface area contributed by atoms with Crippen LogP contribution in [0.5, 0.6) is 0 Å². The van der Waals surface area contributed by atoms with Gasteiger partial charge in [-0.1, -0.05) is 12.8 Å². The minimum absolute atomic E-state index is 0.0522. The molecule has 1 amide bonds. The number of carbonyl (C=O) groups is 2. The van der Waals surface area contributed by atoms with E-state index < -0.39 is 5.97 Å². The zero-order valence-electron chi connectivity index (χ0n) is 11.4. The van der Waals surface area contributed by atoms with Gasteiger partial charge in [-0.2, -0.15) is 0 Å². The van der Waals surface area contributed by atoms with Gasteiger partial charge in [0.15, 0.2) is 0 Å². The third-order valence-corrected chi connectivity index (χ3v) is 4.65. The monoisotopic (exact) mass is 273 g/mol. The second kappa shape index (κ2) is 5.27. The maximum absolute atomic E-state index is 12.6. The molecule has 2 unspecified atom stereocenters. The summed E-state index contributed by atoms with van der Waals surface area (Å²) in [5.74, 6) is -0.236. The van der Waals surface area contributed by atoms with E-state index in [9.17, 15) is 9.59 Å². The van der Waals surface area contributed by atoms with Gasteiger partial charge in [0.2, 0.25) is 0 Å². The Balaban J connectivity index is 1.76. The topological polar surface area (TPSA) is 57.6 Å². The molecule has 1 saturated heterocycles. The van der Waals surface area contributed by atoms with Gasteiger partial charge in [0.25, 0.3) is 5.91 Å². The molecule has 2 aliphatic rings. The summed E-state index contributed by atoms with van der Waals surface area (Å²) >= 11 is 0. The Morgan fingerprint density at radius 1 is 1.00 bits per heavy atom. The normalized spacial score (nSPS) is 25.3. The molecule has 4 nitrogen and oxygen atoms in total. The van der Waals surface area contributed by atoms with Crippen LogP contribution >= 0.6 is 0 Å². The number of nitrogens with zero attached hydrogens (tertiary/aromatic N) is 1. The van der Waals surface area contributed by atoms with E-state index in [0.717, 1.165) is 19.4 Å². The third kappa shape index (κ3) is 2.30. The van der Waals surface area contributed by atoms with Crippen molar-refractivity contribution in [3.63, 3.8) is 0 Å². The van der Waals surface area contributed by atoms with Crippen molar-refractivity contribution in [1.29, 1.82) is 0 Å². The number of benzene rings is 1. The van der Waals surface area contributed by atoms with Gasteiger partial charge in [-0.25, -0.2) is 4.79 Å². The van der Waals surface area contributed by atoms with Crippen molar-refractivity contribution in [1.82, 2.24) is 4.90 Å². The molecular weight excluding hydrogens is 254 g/mol. The molecule has 0 bridgehead atoms. The lowest BCUT2D eigenvalue weighted by atomic mass is 9.85. The van der Waals surface area contributed by atoms with Gasteiger partial charge >= 0.3 is 5.97 Å². The first-order chi connectivity index (χ1) is 9.66. The average molecular weight is 273 g/mol. The Bertz CT molecular complexity index is 523. The molecule has 1 aliphatic heterocycles. The molecule has 1 saturated carbocycles. The van der Waals surface area contributed by atoms with Crippen molar-refractivity contribution in [3.8, 4) is 0 Å². The number of likely N-dealkylation sites (tertiary alicyclic amines) is 1. The predicted molar refractivity (Wildman–Crippen MR) is 74.8 cm³/mol. The van der Waals surface area contributed by atoms with Gasteiger partial charge in [-0.3, -0.25) is 4.79 Å². The first-order valence-corrected chi connectivity index (χ1v) is 7.31. The quantitative estimate of drug-likeness (QED) is 0.901.